The van der Waals surface area contributed by atoms with E-state index < -0.39 is 0 Å². The van der Waals surface area contributed by atoms with Crippen LogP contribution in [0, 0.1) is 6.08 Å². The second-order valence-electron chi connectivity index (χ2n) is 3.47. The van der Waals surface area contributed by atoms with Crippen molar-refractivity contribution in [3.05, 3.63) is 48.6 Å². The van der Waals surface area contributed by atoms with Crippen molar-refractivity contribution < 1.29 is 0 Å². The Morgan fingerprint density at radius 3 is 2.21 bits per heavy atom. The Morgan fingerprint density at radius 1 is 0.714 bits per heavy atom. The Morgan fingerprint density at radius 2 is 1.43 bits per heavy atom. The first kappa shape index (κ1) is 11.0. The van der Waals surface area contributed by atoms with E-state index in [1.165, 1.54) is 25.7 Å². The molecule has 0 atom stereocenters. The summed E-state index contributed by atoms with van der Waals surface area (Å²) >= 11 is 0. The fraction of sp³-hybridized carbons (Fsp3) is 0.429. The molecular weight excluding hydrogens is 168 g/mol. The van der Waals surface area contributed by atoms with Gasteiger partial charge >= 0.3 is 0 Å². The first-order chi connectivity index (χ1) is 7.00. The molecule has 0 amide bonds. The Bertz CT molecular complexity index is 202. The minimum atomic E-state index is 1.01. The zero-order chi connectivity index (χ0) is 9.90. The number of allylic oxidation sites excluding steroid dienone is 8. The molecule has 0 bridgehead atoms. The summed E-state index contributed by atoms with van der Waals surface area (Å²) in [6.45, 7) is 0. The molecule has 0 saturated heterocycles. The monoisotopic (exact) mass is 187 g/mol. The first-order valence-electron chi connectivity index (χ1n) is 5.53. The Balaban J connectivity index is 2.35. The minimum absolute atomic E-state index is 1.01. The standard InChI is InChI=1S/C14H19/c1-2-4-6-8-10-12-14-13-11-9-7-5-3-1/h1-2,5,7,11-12,14H,3-4,6,8,10,13H2/b2-1-,7-5-,11-9?,14-12+. The number of hydrogen-bond donors (Lipinski definition) is 0. The lowest BCUT2D eigenvalue weighted by Gasteiger charge is -1.93. The van der Waals surface area contributed by atoms with E-state index in [4.69, 9.17) is 0 Å². The van der Waals surface area contributed by atoms with E-state index in [2.05, 4.69) is 42.5 Å². The molecule has 0 saturated carbocycles. The average molecular weight is 187 g/mol. The van der Waals surface area contributed by atoms with Crippen LogP contribution in [0.25, 0.3) is 0 Å². The molecule has 14 heavy (non-hydrogen) atoms. The van der Waals surface area contributed by atoms with Gasteiger partial charge < -0.3 is 0 Å². The Kier molecular flexibility index (Phi) is 6.74. The molecule has 0 N–H and O–H groups in total. The van der Waals surface area contributed by atoms with Crippen LogP contribution in [0.3, 0.4) is 0 Å². The highest BCUT2D eigenvalue weighted by molar-refractivity contribution is 5.01. The van der Waals surface area contributed by atoms with Crippen molar-refractivity contribution in [1.29, 1.82) is 0 Å². The van der Waals surface area contributed by atoms with Gasteiger partial charge in [0.25, 0.3) is 0 Å². The molecule has 0 heterocycles. The van der Waals surface area contributed by atoms with E-state index in [1.807, 2.05) is 6.08 Å². The lowest BCUT2D eigenvalue weighted by molar-refractivity contribution is 0.760. The zero-order valence-electron chi connectivity index (χ0n) is 8.78. The van der Waals surface area contributed by atoms with Gasteiger partial charge in [0.15, 0.2) is 0 Å². The molecule has 0 aromatic heterocycles. The van der Waals surface area contributed by atoms with Crippen LogP contribution in [-0.2, 0) is 0 Å². The van der Waals surface area contributed by atoms with E-state index in [0.717, 1.165) is 12.8 Å². The SMILES string of the molecule is [C]1=C/C/C=C/CCCC/C=C\C\C=C/1. The highest BCUT2D eigenvalue weighted by Gasteiger charge is 1.83. The summed E-state index contributed by atoms with van der Waals surface area (Å²) < 4.78 is 0. The summed E-state index contributed by atoms with van der Waals surface area (Å²) in [5.74, 6) is 0. The molecule has 0 aromatic carbocycles. The van der Waals surface area contributed by atoms with Crippen LogP contribution in [0.1, 0.15) is 38.5 Å². The maximum atomic E-state index is 3.15. The van der Waals surface area contributed by atoms with Crippen LogP contribution in [-0.4, -0.2) is 0 Å². The molecular formula is C14H19. The molecule has 0 unspecified atom stereocenters. The molecule has 1 rings (SSSR count). The van der Waals surface area contributed by atoms with Gasteiger partial charge in [-0.05, 0) is 44.6 Å². The normalized spacial score (nSPS) is 28.6. The predicted octanol–water partition coefficient (Wildman–Crippen LogP) is 4.37. The van der Waals surface area contributed by atoms with Crippen LogP contribution in [0.5, 0.6) is 0 Å². The molecule has 0 aliphatic heterocycles. The van der Waals surface area contributed by atoms with E-state index in [0.29, 0.717) is 0 Å². The van der Waals surface area contributed by atoms with Gasteiger partial charge in [-0.15, -0.1) is 0 Å². The molecule has 0 heteroatoms. The smallest absolute Gasteiger partial charge is 0.0160 e. The van der Waals surface area contributed by atoms with Crippen LogP contribution in [0.4, 0.5) is 0 Å². The van der Waals surface area contributed by atoms with E-state index in [-0.39, 0.29) is 0 Å². The Labute approximate surface area is 87.7 Å². The molecule has 0 nitrogen and oxygen atoms in total. The molecule has 0 spiro atoms. The topological polar surface area (TPSA) is 0 Å². The summed E-state index contributed by atoms with van der Waals surface area (Å²) in [5.41, 5.74) is 0. The highest BCUT2D eigenvalue weighted by atomic mass is 13.9. The predicted molar refractivity (Wildman–Crippen MR) is 62.9 cm³/mol. The molecule has 1 radical (unpaired) electrons. The van der Waals surface area contributed by atoms with Crippen molar-refractivity contribution in [2.75, 3.05) is 0 Å². The van der Waals surface area contributed by atoms with Crippen molar-refractivity contribution >= 4 is 0 Å². The third-order valence-corrected chi connectivity index (χ3v) is 2.18. The largest absolute Gasteiger partial charge is 0.0882 e. The van der Waals surface area contributed by atoms with E-state index in [9.17, 15) is 0 Å². The first-order valence-corrected chi connectivity index (χ1v) is 5.53. The number of rotatable bonds is 0. The van der Waals surface area contributed by atoms with Crippen molar-refractivity contribution in [1.82, 2.24) is 0 Å². The molecule has 75 valence electrons. The van der Waals surface area contributed by atoms with Gasteiger partial charge in [-0.2, -0.15) is 0 Å². The van der Waals surface area contributed by atoms with Crippen molar-refractivity contribution in [3.8, 4) is 0 Å². The summed E-state index contributed by atoms with van der Waals surface area (Å²) in [4.78, 5) is 0. The lowest BCUT2D eigenvalue weighted by atomic mass is 10.1. The third kappa shape index (κ3) is 6.47. The minimum Gasteiger partial charge on any atom is -0.0882 e. The van der Waals surface area contributed by atoms with Gasteiger partial charge in [0.2, 0.25) is 0 Å². The van der Waals surface area contributed by atoms with Gasteiger partial charge in [-0.1, -0.05) is 42.5 Å². The van der Waals surface area contributed by atoms with Gasteiger partial charge in [-0.3, -0.25) is 0 Å². The molecule has 1 aliphatic rings. The summed E-state index contributed by atoms with van der Waals surface area (Å²) in [5, 5.41) is 0. The van der Waals surface area contributed by atoms with Crippen molar-refractivity contribution in [2.24, 2.45) is 0 Å². The molecule has 0 aromatic rings. The molecule has 0 fully saturated rings. The van der Waals surface area contributed by atoms with Crippen LogP contribution < -0.4 is 0 Å². The lowest BCUT2D eigenvalue weighted by Crippen LogP contribution is -1.73. The van der Waals surface area contributed by atoms with Gasteiger partial charge in [0.1, 0.15) is 0 Å². The van der Waals surface area contributed by atoms with Crippen molar-refractivity contribution in [2.45, 2.75) is 38.5 Å². The molecule has 1 aliphatic carbocycles. The maximum Gasteiger partial charge on any atom is -0.0160 e. The van der Waals surface area contributed by atoms with Gasteiger partial charge in [0, 0.05) is 0 Å². The highest BCUT2D eigenvalue weighted by Crippen LogP contribution is 2.03. The average Bonchev–Trinajstić information content (AvgIpc) is 2.22. The number of hydrogen-bond acceptors (Lipinski definition) is 0. The fourth-order valence-electron chi connectivity index (χ4n) is 1.37. The van der Waals surface area contributed by atoms with Gasteiger partial charge in [0.05, 0.1) is 0 Å². The van der Waals surface area contributed by atoms with Gasteiger partial charge in [-0.25, -0.2) is 0 Å². The quantitative estimate of drug-likeness (QED) is 0.494. The summed E-state index contributed by atoms with van der Waals surface area (Å²) in [7, 11) is 0. The summed E-state index contributed by atoms with van der Waals surface area (Å²) in [6, 6.07) is 0. The van der Waals surface area contributed by atoms with Crippen LogP contribution >= 0.6 is 0 Å². The van der Waals surface area contributed by atoms with Crippen molar-refractivity contribution in [3.63, 3.8) is 0 Å². The fourth-order valence-corrected chi connectivity index (χ4v) is 1.37. The van der Waals surface area contributed by atoms with Crippen LogP contribution in [0.15, 0.2) is 42.5 Å². The maximum absolute atomic E-state index is 3.15. The zero-order valence-corrected chi connectivity index (χ0v) is 8.78. The second kappa shape index (κ2) is 8.55. The Hall–Kier alpha value is -1.04. The van der Waals surface area contributed by atoms with Crippen LogP contribution in [0.2, 0.25) is 0 Å². The van der Waals surface area contributed by atoms with E-state index in [1.54, 1.807) is 0 Å². The van der Waals surface area contributed by atoms with E-state index >= 15 is 0 Å². The second-order valence-corrected chi connectivity index (χ2v) is 3.47. The summed E-state index contributed by atoms with van der Waals surface area (Å²) in [6.07, 6.45) is 25.5. The third-order valence-electron chi connectivity index (χ3n) is 2.18.